The highest BCUT2D eigenvalue weighted by Gasteiger charge is 2.13. The number of aryl methyl sites for hydroxylation is 1. The zero-order chi connectivity index (χ0) is 17.6. The number of aromatic amines is 1. The van der Waals surface area contributed by atoms with E-state index in [1.807, 2.05) is 61.5 Å². The number of hydrogen-bond donors (Lipinski definition) is 2. The highest BCUT2D eigenvalue weighted by atomic mass is 32.1. The van der Waals surface area contributed by atoms with Gasteiger partial charge < -0.3 is 15.0 Å². The van der Waals surface area contributed by atoms with Crippen LogP contribution in [0.3, 0.4) is 0 Å². The molecule has 2 aromatic carbocycles. The molecule has 0 atom stereocenters. The normalized spacial score (nSPS) is 10.4. The fourth-order valence-electron chi connectivity index (χ4n) is 2.43. The number of rotatable bonds is 6. The standard InChI is InChI=1S/C19H19N3O2S/c1-14-7-9-16(10-8-14)24-12-11-20-18(23)17-13-21-19(25)22(17)15-5-3-2-4-6-15/h2-10,13H,11-12H2,1H3,(H,20,23)(H,21,25). The molecule has 0 bridgehead atoms. The number of hydrogen-bond acceptors (Lipinski definition) is 3. The lowest BCUT2D eigenvalue weighted by Crippen LogP contribution is -2.29. The van der Waals surface area contributed by atoms with Crippen molar-refractivity contribution in [3.8, 4) is 11.4 Å². The molecule has 25 heavy (non-hydrogen) atoms. The average Bonchev–Trinajstić information content (AvgIpc) is 3.02. The minimum atomic E-state index is -0.205. The highest BCUT2D eigenvalue weighted by molar-refractivity contribution is 7.71. The van der Waals surface area contributed by atoms with Gasteiger partial charge in [0.05, 0.1) is 6.54 Å². The summed E-state index contributed by atoms with van der Waals surface area (Å²) in [6, 6.07) is 17.3. The average molecular weight is 353 g/mol. The monoisotopic (exact) mass is 353 g/mol. The van der Waals surface area contributed by atoms with Gasteiger partial charge in [0, 0.05) is 11.9 Å². The van der Waals surface area contributed by atoms with E-state index in [-0.39, 0.29) is 5.91 Å². The molecule has 6 heteroatoms. The van der Waals surface area contributed by atoms with Crippen LogP contribution in [0.4, 0.5) is 0 Å². The fraction of sp³-hybridized carbons (Fsp3) is 0.158. The Labute approximate surface area is 151 Å². The van der Waals surface area contributed by atoms with Gasteiger partial charge in [0.25, 0.3) is 5.91 Å². The molecule has 3 aromatic rings. The predicted octanol–water partition coefficient (Wildman–Crippen LogP) is 3.65. The quantitative estimate of drug-likeness (QED) is 0.525. The summed E-state index contributed by atoms with van der Waals surface area (Å²) in [6.45, 7) is 2.82. The van der Waals surface area contributed by atoms with Gasteiger partial charge in [-0.2, -0.15) is 0 Å². The first-order valence-corrected chi connectivity index (χ1v) is 8.39. The Bertz CT molecular complexity index is 898. The van der Waals surface area contributed by atoms with Crippen molar-refractivity contribution in [1.82, 2.24) is 14.9 Å². The van der Waals surface area contributed by atoms with E-state index in [4.69, 9.17) is 17.0 Å². The van der Waals surface area contributed by atoms with E-state index in [0.29, 0.717) is 23.6 Å². The van der Waals surface area contributed by atoms with Gasteiger partial charge in [0.2, 0.25) is 0 Å². The molecule has 128 valence electrons. The van der Waals surface area contributed by atoms with Crippen molar-refractivity contribution in [2.75, 3.05) is 13.2 Å². The first-order valence-electron chi connectivity index (χ1n) is 7.98. The first-order chi connectivity index (χ1) is 12.1. The molecule has 1 aromatic heterocycles. The number of H-pyrrole nitrogens is 1. The summed E-state index contributed by atoms with van der Waals surface area (Å²) < 4.78 is 7.81. The Morgan fingerprint density at radius 3 is 2.60 bits per heavy atom. The summed E-state index contributed by atoms with van der Waals surface area (Å²) in [5.74, 6) is 0.581. The second-order valence-corrected chi connectivity index (χ2v) is 5.95. The highest BCUT2D eigenvalue weighted by Crippen LogP contribution is 2.13. The second kappa shape index (κ2) is 7.81. The summed E-state index contributed by atoms with van der Waals surface area (Å²) in [7, 11) is 0. The summed E-state index contributed by atoms with van der Waals surface area (Å²) in [6.07, 6.45) is 1.62. The summed E-state index contributed by atoms with van der Waals surface area (Å²) >= 11 is 5.29. The van der Waals surface area contributed by atoms with E-state index in [1.165, 1.54) is 5.56 Å². The third-order valence-corrected chi connectivity index (χ3v) is 4.00. The van der Waals surface area contributed by atoms with E-state index < -0.39 is 0 Å². The molecule has 0 spiro atoms. The van der Waals surface area contributed by atoms with E-state index in [9.17, 15) is 4.79 Å². The van der Waals surface area contributed by atoms with Crippen LogP contribution in [0.1, 0.15) is 16.1 Å². The van der Waals surface area contributed by atoms with Crippen molar-refractivity contribution in [3.63, 3.8) is 0 Å². The number of nitrogens with one attached hydrogen (secondary N) is 2. The third kappa shape index (κ3) is 4.16. The van der Waals surface area contributed by atoms with Crippen LogP contribution in [-0.4, -0.2) is 28.6 Å². The van der Waals surface area contributed by atoms with Gasteiger partial charge in [0.15, 0.2) is 4.77 Å². The topological polar surface area (TPSA) is 59.0 Å². The number of benzene rings is 2. The number of carbonyl (C=O) groups is 1. The molecular formula is C19H19N3O2S. The van der Waals surface area contributed by atoms with Gasteiger partial charge in [-0.15, -0.1) is 0 Å². The Morgan fingerprint density at radius 2 is 1.88 bits per heavy atom. The molecule has 3 rings (SSSR count). The Kier molecular flexibility index (Phi) is 5.30. The molecule has 0 aliphatic rings. The van der Waals surface area contributed by atoms with Crippen molar-refractivity contribution in [2.45, 2.75) is 6.92 Å². The molecule has 1 amide bonds. The number of para-hydroxylation sites is 1. The van der Waals surface area contributed by atoms with Crippen molar-refractivity contribution in [3.05, 3.63) is 76.8 Å². The van der Waals surface area contributed by atoms with Crippen molar-refractivity contribution in [2.24, 2.45) is 0 Å². The number of aromatic nitrogens is 2. The number of carbonyl (C=O) groups excluding carboxylic acids is 1. The molecule has 0 aliphatic carbocycles. The lowest BCUT2D eigenvalue weighted by Gasteiger charge is -2.10. The largest absolute Gasteiger partial charge is 0.492 e. The van der Waals surface area contributed by atoms with Crippen LogP contribution >= 0.6 is 12.2 Å². The smallest absolute Gasteiger partial charge is 0.269 e. The molecule has 0 fully saturated rings. The Hall–Kier alpha value is -2.86. The molecule has 0 unspecified atom stereocenters. The maximum Gasteiger partial charge on any atom is 0.269 e. The predicted molar refractivity (Wildman–Crippen MR) is 100.0 cm³/mol. The van der Waals surface area contributed by atoms with E-state index in [2.05, 4.69) is 10.3 Å². The van der Waals surface area contributed by atoms with Crippen LogP contribution in [0.15, 0.2) is 60.8 Å². The van der Waals surface area contributed by atoms with Crippen LogP contribution in [0.5, 0.6) is 5.75 Å². The number of ether oxygens (including phenoxy) is 1. The van der Waals surface area contributed by atoms with Gasteiger partial charge in [-0.1, -0.05) is 35.9 Å². The number of amides is 1. The van der Waals surface area contributed by atoms with Gasteiger partial charge in [-0.3, -0.25) is 9.36 Å². The van der Waals surface area contributed by atoms with Crippen LogP contribution < -0.4 is 10.1 Å². The lowest BCUT2D eigenvalue weighted by molar-refractivity contribution is 0.0940. The Morgan fingerprint density at radius 1 is 1.16 bits per heavy atom. The number of nitrogens with zero attached hydrogens (tertiary/aromatic N) is 1. The number of imidazole rings is 1. The maximum atomic E-state index is 12.5. The molecular weight excluding hydrogens is 334 g/mol. The minimum Gasteiger partial charge on any atom is -0.492 e. The van der Waals surface area contributed by atoms with Crippen molar-refractivity contribution < 1.29 is 9.53 Å². The Balaban J connectivity index is 1.61. The van der Waals surface area contributed by atoms with Crippen LogP contribution in [0.25, 0.3) is 5.69 Å². The summed E-state index contributed by atoms with van der Waals surface area (Å²) in [4.78, 5) is 15.4. The van der Waals surface area contributed by atoms with Crippen molar-refractivity contribution in [1.29, 1.82) is 0 Å². The zero-order valence-corrected chi connectivity index (χ0v) is 14.7. The lowest BCUT2D eigenvalue weighted by atomic mass is 10.2. The van der Waals surface area contributed by atoms with Crippen LogP contribution in [0, 0.1) is 11.7 Å². The molecule has 0 saturated heterocycles. The van der Waals surface area contributed by atoms with E-state index in [1.54, 1.807) is 10.8 Å². The first kappa shape index (κ1) is 17.0. The van der Waals surface area contributed by atoms with Gasteiger partial charge >= 0.3 is 0 Å². The molecule has 1 heterocycles. The van der Waals surface area contributed by atoms with Crippen molar-refractivity contribution >= 4 is 18.1 Å². The SMILES string of the molecule is Cc1ccc(OCCNC(=O)c2c[nH]c(=S)n2-c2ccccc2)cc1. The zero-order valence-electron chi connectivity index (χ0n) is 13.9. The van der Waals surface area contributed by atoms with E-state index >= 15 is 0 Å². The maximum absolute atomic E-state index is 12.5. The molecule has 5 nitrogen and oxygen atoms in total. The molecule has 0 saturated carbocycles. The second-order valence-electron chi connectivity index (χ2n) is 5.57. The van der Waals surface area contributed by atoms with Crippen LogP contribution in [-0.2, 0) is 0 Å². The molecule has 0 radical (unpaired) electrons. The fourth-order valence-corrected chi connectivity index (χ4v) is 2.69. The summed E-state index contributed by atoms with van der Waals surface area (Å²) in [5, 5.41) is 2.85. The van der Waals surface area contributed by atoms with Gasteiger partial charge in [-0.25, -0.2) is 0 Å². The van der Waals surface area contributed by atoms with Crippen LogP contribution in [0.2, 0.25) is 0 Å². The van der Waals surface area contributed by atoms with Gasteiger partial charge in [-0.05, 0) is 43.4 Å². The third-order valence-electron chi connectivity index (χ3n) is 3.70. The molecule has 2 N–H and O–H groups in total. The van der Waals surface area contributed by atoms with Gasteiger partial charge in [0.1, 0.15) is 18.1 Å². The summed E-state index contributed by atoms with van der Waals surface area (Å²) in [5.41, 5.74) is 2.49. The minimum absolute atomic E-state index is 0.205. The molecule has 0 aliphatic heterocycles. The van der Waals surface area contributed by atoms with E-state index in [0.717, 1.165) is 11.4 Å².